The van der Waals surface area contributed by atoms with Crippen molar-refractivity contribution in [3.05, 3.63) is 30.1 Å². The quantitative estimate of drug-likeness (QED) is 0.765. The van der Waals surface area contributed by atoms with Crippen LogP contribution >= 0.6 is 0 Å². The van der Waals surface area contributed by atoms with Crippen LogP contribution in [-0.2, 0) is 4.79 Å². The summed E-state index contributed by atoms with van der Waals surface area (Å²) < 4.78 is 0. The standard InChI is InChI=1S/C11H14N2O3/c14-9-6-13(7-9)10(5-11(15)16)8-1-3-12-4-2-8/h1-4,9-10,14H,5-7H2,(H,15,16). The molecule has 0 amide bonds. The number of rotatable bonds is 4. The molecular weight excluding hydrogens is 208 g/mol. The molecule has 1 unspecified atom stereocenters. The van der Waals surface area contributed by atoms with Gasteiger partial charge in [-0.25, -0.2) is 0 Å². The van der Waals surface area contributed by atoms with E-state index in [2.05, 4.69) is 4.98 Å². The van der Waals surface area contributed by atoms with E-state index in [4.69, 9.17) is 5.11 Å². The summed E-state index contributed by atoms with van der Waals surface area (Å²) in [5, 5.41) is 18.1. The van der Waals surface area contributed by atoms with E-state index in [1.54, 1.807) is 12.4 Å². The van der Waals surface area contributed by atoms with Gasteiger partial charge in [-0.3, -0.25) is 14.7 Å². The van der Waals surface area contributed by atoms with Crippen molar-refractivity contribution in [2.45, 2.75) is 18.6 Å². The van der Waals surface area contributed by atoms with E-state index in [0.29, 0.717) is 13.1 Å². The van der Waals surface area contributed by atoms with Gasteiger partial charge in [0.2, 0.25) is 0 Å². The summed E-state index contributed by atoms with van der Waals surface area (Å²) in [7, 11) is 0. The van der Waals surface area contributed by atoms with Crippen molar-refractivity contribution in [1.29, 1.82) is 0 Å². The number of aromatic nitrogens is 1. The van der Waals surface area contributed by atoms with E-state index in [0.717, 1.165) is 5.56 Å². The Balaban J connectivity index is 2.12. The molecule has 1 aromatic rings. The van der Waals surface area contributed by atoms with Crippen LogP contribution in [0.3, 0.4) is 0 Å². The maximum absolute atomic E-state index is 10.8. The number of aliphatic carboxylic acids is 1. The summed E-state index contributed by atoms with van der Waals surface area (Å²) in [4.78, 5) is 16.7. The number of nitrogens with zero attached hydrogens (tertiary/aromatic N) is 2. The van der Waals surface area contributed by atoms with Gasteiger partial charge in [0.15, 0.2) is 0 Å². The van der Waals surface area contributed by atoms with Crippen molar-refractivity contribution in [3.63, 3.8) is 0 Å². The smallest absolute Gasteiger partial charge is 0.305 e. The molecule has 1 aliphatic heterocycles. The Morgan fingerprint density at radius 2 is 2.12 bits per heavy atom. The van der Waals surface area contributed by atoms with E-state index in [1.165, 1.54) is 0 Å². The predicted octanol–water partition coefficient (Wildman–Crippen LogP) is 0.274. The van der Waals surface area contributed by atoms with E-state index in [9.17, 15) is 9.90 Å². The van der Waals surface area contributed by atoms with Crippen molar-refractivity contribution < 1.29 is 15.0 Å². The van der Waals surface area contributed by atoms with Gasteiger partial charge in [0.05, 0.1) is 12.5 Å². The number of hydrogen-bond acceptors (Lipinski definition) is 4. The van der Waals surface area contributed by atoms with Crippen molar-refractivity contribution >= 4 is 5.97 Å². The van der Waals surface area contributed by atoms with Crippen molar-refractivity contribution in [2.24, 2.45) is 0 Å². The lowest BCUT2D eigenvalue weighted by Gasteiger charge is -2.41. The molecule has 16 heavy (non-hydrogen) atoms. The molecule has 5 heteroatoms. The number of likely N-dealkylation sites (tertiary alicyclic amines) is 1. The summed E-state index contributed by atoms with van der Waals surface area (Å²) in [6.45, 7) is 1.08. The monoisotopic (exact) mass is 222 g/mol. The normalized spacial score (nSPS) is 19.1. The Kier molecular flexibility index (Phi) is 3.17. The number of β-amino-alcohol motifs (C(OH)–C–C–N with tert-alkyl or cyclic N) is 1. The van der Waals surface area contributed by atoms with Gasteiger partial charge < -0.3 is 10.2 Å². The van der Waals surface area contributed by atoms with Gasteiger partial charge in [-0.2, -0.15) is 0 Å². The second-order valence-electron chi connectivity index (χ2n) is 4.00. The van der Waals surface area contributed by atoms with Gasteiger partial charge in [-0.1, -0.05) is 0 Å². The van der Waals surface area contributed by atoms with Crippen LogP contribution in [-0.4, -0.2) is 45.3 Å². The molecule has 1 fully saturated rings. The lowest BCUT2D eigenvalue weighted by atomic mass is 9.98. The van der Waals surface area contributed by atoms with Crippen molar-refractivity contribution in [2.75, 3.05) is 13.1 Å². The Morgan fingerprint density at radius 1 is 1.50 bits per heavy atom. The number of aliphatic hydroxyl groups is 1. The van der Waals surface area contributed by atoms with E-state index in [1.807, 2.05) is 17.0 Å². The fourth-order valence-corrected chi connectivity index (χ4v) is 1.95. The molecule has 0 radical (unpaired) electrons. The zero-order valence-electron chi connectivity index (χ0n) is 8.78. The Morgan fingerprint density at radius 3 is 2.62 bits per heavy atom. The van der Waals surface area contributed by atoms with Crippen LogP contribution in [0.25, 0.3) is 0 Å². The third-order valence-electron chi connectivity index (χ3n) is 2.79. The highest BCUT2D eigenvalue weighted by Gasteiger charge is 2.32. The van der Waals surface area contributed by atoms with Gasteiger partial charge in [-0.15, -0.1) is 0 Å². The minimum Gasteiger partial charge on any atom is -0.481 e. The molecule has 5 nitrogen and oxygen atoms in total. The number of carboxylic acid groups (broad SMARTS) is 1. The average Bonchev–Trinajstić information content (AvgIpc) is 2.23. The molecule has 2 rings (SSSR count). The molecule has 0 aromatic carbocycles. The number of pyridine rings is 1. The first-order valence-corrected chi connectivity index (χ1v) is 5.20. The molecule has 1 atom stereocenters. The van der Waals surface area contributed by atoms with Crippen molar-refractivity contribution in [1.82, 2.24) is 9.88 Å². The number of aliphatic hydroxyl groups excluding tert-OH is 1. The third kappa shape index (κ3) is 2.37. The maximum atomic E-state index is 10.8. The van der Waals surface area contributed by atoms with Crippen LogP contribution in [0, 0.1) is 0 Å². The molecule has 86 valence electrons. The molecule has 1 saturated heterocycles. The molecule has 1 aliphatic rings. The molecule has 0 aliphatic carbocycles. The molecule has 2 N–H and O–H groups in total. The summed E-state index contributed by atoms with van der Waals surface area (Å²) in [6.07, 6.45) is 3.04. The summed E-state index contributed by atoms with van der Waals surface area (Å²) in [5.74, 6) is -0.830. The van der Waals surface area contributed by atoms with Crippen LogP contribution in [0.15, 0.2) is 24.5 Å². The zero-order chi connectivity index (χ0) is 11.5. The lowest BCUT2D eigenvalue weighted by molar-refractivity contribution is -0.140. The second-order valence-corrected chi connectivity index (χ2v) is 4.00. The largest absolute Gasteiger partial charge is 0.481 e. The van der Waals surface area contributed by atoms with E-state index < -0.39 is 5.97 Å². The molecule has 0 spiro atoms. The molecule has 1 aromatic heterocycles. The first-order valence-electron chi connectivity index (χ1n) is 5.20. The van der Waals surface area contributed by atoms with Crippen LogP contribution < -0.4 is 0 Å². The number of carbonyl (C=O) groups is 1. The van der Waals surface area contributed by atoms with Crippen LogP contribution in [0.5, 0.6) is 0 Å². The van der Waals surface area contributed by atoms with Crippen LogP contribution in [0.2, 0.25) is 0 Å². The first-order chi connectivity index (χ1) is 7.66. The molecule has 2 heterocycles. The Labute approximate surface area is 93.3 Å². The fraction of sp³-hybridized carbons (Fsp3) is 0.455. The first kappa shape index (κ1) is 11.0. The number of hydrogen-bond donors (Lipinski definition) is 2. The van der Waals surface area contributed by atoms with Crippen molar-refractivity contribution in [3.8, 4) is 0 Å². The highest BCUT2D eigenvalue weighted by atomic mass is 16.4. The van der Waals surface area contributed by atoms with Crippen LogP contribution in [0.4, 0.5) is 0 Å². The van der Waals surface area contributed by atoms with E-state index in [-0.39, 0.29) is 18.6 Å². The summed E-state index contributed by atoms with van der Waals surface area (Å²) in [5.41, 5.74) is 0.935. The van der Waals surface area contributed by atoms with Gasteiger partial charge in [0.25, 0.3) is 0 Å². The van der Waals surface area contributed by atoms with Gasteiger partial charge >= 0.3 is 5.97 Å². The molecular formula is C11H14N2O3. The summed E-state index contributed by atoms with van der Waals surface area (Å²) >= 11 is 0. The van der Waals surface area contributed by atoms with Crippen LogP contribution in [0.1, 0.15) is 18.0 Å². The summed E-state index contributed by atoms with van der Waals surface area (Å²) in [6, 6.07) is 3.47. The Hall–Kier alpha value is -1.46. The Bertz CT molecular complexity index is 363. The third-order valence-corrected chi connectivity index (χ3v) is 2.79. The maximum Gasteiger partial charge on any atom is 0.305 e. The highest BCUT2D eigenvalue weighted by Crippen LogP contribution is 2.28. The zero-order valence-corrected chi connectivity index (χ0v) is 8.78. The SMILES string of the molecule is O=C(O)CC(c1ccncc1)N1CC(O)C1. The van der Waals surface area contributed by atoms with Gasteiger partial charge in [0, 0.05) is 31.5 Å². The predicted molar refractivity (Wildman–Crippen MR) is 56.8 cm³/mol. The van der Waals surface area contributed by atoms with Gasteiger partial charge in [0.1, 0.15) is 0 Å². The topological polar surface area (TPSA) is 73.7 Å². The fourth-order valence-electron chi connectivity index (χ4n) is 1.95. The molecule has 0 saturated carbocycles. The van der Waals surface area contributed by atoms with E-state index >= 15 is 0 Å². The highest BCUT2D eigenvalue weighted by molar-refractivity contribution is 5.68. The lowest BCUT2D eigenvalue weighted by Crippen LogP contribution is -2.52. The average molecular weight is 222 g/mol. The minimum absolute atomic E-state index is 0.0523. The second kappa shape index (κ2) is 4.59. The van der Waals surface area contributed by atoms with Gasteiger partial charge in [-0.05, 0) is 17.7 Å². The number of carboxylic acids is 1. The molecule has 0 bridgehead atoms. The minimum atomic E-state index is -0.830.